The van der Waals surface area contributed by atoms with Crippen LogP contribution in [0.15, 0.2) is 37.1 Å². The highest BCUT2D eigenvalue weighted by Gasteiger charge is 2.07. The summed E-state index contributed by atoms with van der Waals surface area (Å²) >= 11 is 0. The summed E-state index contributed by atoms with van der Waals surface area (Å²) in [6.07, 6.45) is 8.89. The molecule has 0 bridgehead atoms. The first-order valence-electron chi connectivity index (χ1n) is 6.91. The van der Waals surface area contributed by atoms with Crippen molar-refractivity contribution in [2.75, 3.05) is 6.54 Å². The number of aromatic amines is 2. The zero-order chi connectivity index (χ0) is 14.3. The second kappa shape index (κ2) is 6.76. The minimum absolute atomic E-state index is 0.775. The molecule has 0 atom stereocenters. The highest BCUT2D eigenvalue weighted by atomic mass is 15.2. The zero-order valence-corrected chi connectivity index (χ0v) is 11.6. The van der Waals surface area contributed by atoms with Crippen LogP contribution in [0.1, 0.15) is 17.8 Å². The zero-order valence-electron chi connectivity index (χ0n) is 11.6. The van der Waals surface area contributed by atoms with Gasteiger partial charge in [0.2, 0.25) is 0 Å². The summed E-state index contributed by atoms with van der Waals surface area (Å²) < 4.78 is 0. The molecular weight excluding hydrogens is 266 g/mol. The van der Waals surface area contributed by atoms with Crippen molar-refractivity contribution >= 4 is 0 Å². The molecule has 3 aromatic rings. The van der Waals surface area contributed by atoms with Gasteiger partial charge >= 0.3 is 0 Å². The molecule has 3 aromatic heterocycles. The molecule has 0 aliphatic rings. The van der Waals surface area contributed by atoms with Gasteiger partial charge in [0, 0.05) is 36.5 Å². The van der Waals surface area contributed by atoms with Gasteiger partial charge in [0.25, 0.3) is 0 Å². The molecule has 0 amide bonds. The Hall–Kier alpha value is -2.54. The first-order chi connectivity index (χ1) is 10.4. The molecule has 0 saturated carbocycles. The molecule has 0 unspecified atom stereocenters. The normalized spacial score (nSPS) is 10.9. The second-order valence-corrected chi connectivity index (χ2v) is 4.72. The lowest BCUT2D eigenvalue weighted by Gasteiger charge is -2.05. The monoisotopic (exact) mass is 283 g/mol. The van der Waals surface area contributed by atoms with E-state index in [1.807, 2.05) is 24.5 Å². The Kier molecular flexibility index (Phi) is 4.33. The van der Waals surface area contributed by atoms with Crippen molar-refractivity contribution in [3.63, 3.8) is 0 Å². The number of hydrogen-bond donors (Lipinski definition) is 3. The summed E-state index contributed by atoms with van der Waals surface area (Å²) in [5, 5.41) is 17.3. The molecule has 0 aromatic carbocycles. The summed E-state index contributed by atoms with van der Waals surface area (Å²) in [5.41, 5.74) is 3.21. The Morgan fingerprint density at radius 3 is 2.95 bits per heavy atom. The summed E-state index contributed by atoms with van der Waals surface area (Å²) in [6.45, 7) is 1.69. The van der Waals surface area contributed by atoms with Gasteiger partial charge in [0.1, 0.15) is 12.2 Å². The molecule has 0 aliphatic heterocycles. The van der Waals surface area contributed by atoms with Gasteiger partial charge in [-0.05, 0) is 25.1 Å². The van der Waals surface area contributed by atoms with Gasteiger partial charge in [0.05, 0.1) is 11.9 Å². The predicted molar refractivity (Wildman–Crippen MR) is 78.2 cm³/mol. The van der Waals surface area contributed by atoms with E-state index in [0.29, 0.717) is 0 Å². The number of aromatic nitrogens is 6. The van der Waals surface area contributed by atoms with Gasteiger partial charge in [-0.3, -0.25) is 15.2 Å². The van der Waals surface area contributed by atoms with Crippen LogP contribution in [0.2, 0.25) is 0 Å². The maximum absolute atomic E-state index is 4.14. The average molecular weight is 283 g/mol. The first kappa shape index (κ1) is 13.4. The standard InChI is InChI=1S/C14H17N7/c1-3-11(7-15-5-1)14-12(9-18-21-14)8-16-6-2-4-13-17-10-19-20-13/h1,3,5,7,9-10,16H,2,4,6,8H2,(H,18,21)(H,17,19,20). The van der Waals surface area contributed by atoms with Crippen molar-refractivity contribution < 1.29 is 0 Å². The van der Waals surface area contributed by atoms with Gasteiger partial charge in [-0.15, -0.1) is 0 Å². The van der Waals surface area contributed by atoms with Crippen molar-refractivity contribution in [1.82, 2.24) is 35.7 Å². The van der Waals surface area contributed by atoms with E-state index in [0.717, 1.165) is 48.6 Å². The van der Waals surface area contributed by atoms with Crippen LogP contribution in [-0.2, 0) is 13.0 Å². The molecule has 108 valence electrons. The van der Waals surface area contributed by atoms with E-state index < -0.39 is 0 Å². The van der Waals surface area contributed by atoms with Crippen LogP contribution in [0.3, 0.4) is 0 Å². The number of hydrogen-bond acceptors (Lipinski definition) is 5. The van der Waals surface area contributed by atoms with Crippen molar-refractivity contribution in [3.8, 4) is 11.3 Å². The van der Waals surface area contributed by atoms with Crippen molar-refractivity contribution in [2.45, 2.75) is 19.4 Å². The van der Waals surface area contributed by atoms with Crippen molar-refractivity contribution in [2.24, 2.45) is 0 Å². The third-order valence-electron chi connectivity index (χ3n) is 3.22. The largest absolute Gasteiger partial charge is 0.313 e. The first-order valence-corrected chi connectivity index (χ1v) is 6.91. The van der Waals surface area contributed by atoms with Gasteiger partial charge in [-0.1, -0.05) is 0 Å². The molecule has 3 N–H and O–H groups in total. The van der Waals surface area contributed by atoms with Crippen LogP contribution in [-0.4, -0.2) is 36.9 Å². The van der Waals surface area contributed by atoms with Crippen molar-refractivity contribution in [1.29, 1.82) is 0 Å². The van der Waals surface area contributed by atoms with Crippen LogP contribution in [0.25, 0.3) is 11.3 Å². The summed E-state index contributed by atoms with van der Waals surface area (Å²) in [5.74, 6) is 0.927. The summed E-state index contributed by atoms with van der Waals surface area (Å²) in [7, 11) is 0. The fourth-order valence-corrected chi connectivity index (χ4v) is 2.16. The third-order valence-corrected chi connectivity index (χ3v) is 3.22. The van der Waals surface area contributed by atoms with E-state index >= 15 is 0 Å². The van der Waals surface area contributed by atoms with E-state index in [2.05, 4.69) is 35.7 Å². The lowest BCUT2D eigenvalue weighted by molar-refractivity contribution is 0.640. The Balaban J connectivity index is 1.49. The molecule has 0 fully saturated rings. The second-order valence-electron chi connectivity index (χ2n) is 4.72. The maximum Gasteiger partial charge on any atom is 0.137 e. The SMILES string of the molecule is c1cncc(-c2[nH]ncc2CNCCCc2ncn[nH]2)c1. The Morgan fingerprint density at radius 1 is 1.14 bits per heavy atom. The molecule has 0 spiro atoms. The molecular formula is C14H17N7. The number of H-pyrrole nitrogens is 2. The minimum Gasteiger partial charge on any atom is -0.313 e. The van der Waals surface area contributed by atoms with E-state index in [9.17, 15) is 0 Å². The van der Waals surface area contributed by atoms with E-state index in [1.54, 1.807) is 6.20 Å². The van der Waals surface area contributed by atoms with Crippen LogP contribution < -0.4 is 5.32 Å². The number of aryl methyl sites for hydroxylation is 1. The molecule has 3 rings (SSSR count). The lowest BCUT2D eigenvalue weighted by atomic mass is 10.1. The molecule has 0 saturated heterocycles. The summed E-state index contributed by atoms with van der Waals surface area (Å²) in [6, 6.07) is 3.94. The smallest absolute Gasteiger partial charge is 0.137 e. The Bertz CT molecular complexity index is 645. The van der Waals surface area contributed by atoms with E-state index in [4.69, 9.17) is 0 Å². The molecule has 7 heteroatoms. The van der Waals surface area contributed by atoms with E-state index in [-0.39, 0.29) is 0 Å². The molecule has 21 heavy (non-hydrogen) atoms. The average Bonchev–Trinajstić information content (AvgIpc) is 3.19. The van der Waals surface area contributed by atoms with Crippen LogP contribution in [0.4, 0.5) is 0 Å². The van der Waals surface area contributed by atoms with Crippen molar-refractivity contribution in [3.05, 3.63) is 48.4 Å². The highest BCUT2D eigenvalue weighted by Crippen LogP contribution is 2.19. The van der Waals surface area contributed by atoms with Gasteiger partial charge in [0.15, 0.2) is 0 Å². The third kappa shape index (κ3) is 3.51. The predicted octanol–water partition coefficient (Wildman–Crippen LogP) is 1.31. The topological polar surface area (TPSA) is 95.2 Å². The molecule has 7 nitrogen and oxygen atoms in total. The van der Waals surface area contributed by atoms with Gasteiger partial charge < -0.3 is 5.32 Å². The minimum atomic E-state index is 0.775. The fraction of sp³-hybridized carbons (Fsp3) is 0.286. The van der Waals surface area contributed by atoms with Gasteiger partial charge in [-0.2, -0.15) is 10.2 Å². The maximum atomic E-state index is 4.14. The quantitative estimate of drug-likeness (QED) is 0.568. The van der Waals surface area contributed by atoms with Crippen LogP contribution in [0, 0.1) is 0 Å². The summed E-state index contributed by atoms with van der Waals surface area (Å²) in [4.78, 5) is 8.24. The van der Waals surface area contributed by atoms with E-state index in [1.165, 1.54) is 6.33 Å². The number of nitrogens with one attached hydrogen (secondary N) is 3. The lowest BCUT2D eigenvalue weighted by Crippen LogP contribution is -2.15. The van der Waals surface area contributed by atoms with Crippen LogP contribution >= 0.6 is 0 Å². The number of nitrogens with zero attached hydrogens (tertiary/aromatic N) is 4. The Morgan fingerprint density at radius 2 is 2.14 bits per heavy atom. The number of rotatable bonds is 7. The van der Waals surface area contributed by atoms with Gasteiger partial charge in [-0.25, -0.2) is 4.98 Å². The fourth-order valence-electron chi connectivity index (χ4n) is 2.16. The molecule has 0 aliphatic carbocycles. The molecule has 3 heterocycles. The molecule has 0 radical (unpaired) electrons. The Labute approximate surface area is 122 Å². The highest BCUT2D eigenvalue weighted by molar-refractivity contribution is 5.61. The van der Waals surface area contributed by atoms with Crippen LogP contribution in [0.5, 0.6) is 0 Å². The number of pyridine rings is 1.